The van der Waals surface area contributed by atoms with E-state index in [-0.39, 0.29) is 0 Å². The average molecular weight is 220 g/mol. The highest BCUT2D eigenvalue weighted by atomic mass is 32.2. The van der Waals surface area contributed by atoms with Gasteiger partial charge in [-0.25, -0.2) is 0 Å². The fourth-order valence-electron chi connectivity index (χ4n) is 1.62. The smallest absolute Gasteiger partial charge is 0.156 e. The van der Waals surface area contributed by atoms with Gasteiger partial charge in [-0.15, -0.1) is 0 Å². The van der Waals surface area contributed by atoms with E-state index in [0.717, 1.165) is 30.4 Å². The van der Waals surface area contributed by atoms with Gasteiger partial charge in [0.15, 0.2) is 5.17 Å². The SMILES string of the molecule is Cc1cccc(CCNC2=NCCS2)c1. The molecule has 1 aromatic rings. The highest BCUT2D eigenvalue weighted by Crippen LogP contribution is 2.09. The van der Waals surface area contributed by atoms with Crippen LogP contribution in [0.1, 0.15) is 11.1 Å². The summed E-state index contributed by atoms with van der Waals surface area (Å²) < 4.78 is 0. The summed E-state index contributed by atoms with van der Waals surface area (Å²) in [6.07, 6.45) is 1.07. The minimum Gasteiger partial charge on any atom is -0.365 e. The highest BCUT2D eigenvalue weighted by Gasteiger charge is 2.05. The van der Waals surface area contributed by atoms with Crippen molar-refractivity contribution in [3.05, 3.63) is 35.4 Å². The average Bonchev–Trinajstić information content (AvgIpc) is 2.71. The van der Waals surface area contributed by atoms with Crippen LogP contribution < -0.4 is 5.32 Å². The molecule has 0 saturated carbocycles. The fraction of sp³-hybridized carbons (Fsp3) is 0.417. The number of rotatable bonds is 3. The molecule has 0 atom stereocenters. The van der Waals surface area contributed by atoms with Crippen LogP contribution in [0.5, 0.6) is 0 Å². The maximum atomic E-state index is 4.35. The molecule has 1 N–H and O–H groups in total. The van der Waals surface area contributed by atoms with Crippen molar-refractivity contribution in [2.75, 3.05) is 18.8 Å². The number of amidine groups is 1. The Hall–Kier alpha value is -0.960. The monoisotopic (exact) mass is 220 g/mol. The molecule has 0 fully saturated rings. The highest BCUT2D eigenvalue weighted by molar-refractivity contribution is 8.14. The predicted octanol–water partition coefficient (Wildman–Crippen LogP) is 2.23. The second kappa shape index (κ2) is 5.21. The van der Waals surface area contributed by atoms with Crippen LogP contribution >= 0.6 is 11.8 Å². The van der Waals surface area contributed by atoms with Gasteiger partial charge >= 0.3 is 0 Å². The molecule has 0 spiro atoms. The first-order valence-corrected chi connectivity index (χ1v) is 6.30. The largest absolute Gasteiger partial charge is 0.365 e. The molecule has 1 aromatic carbocycles. The maximum absolute atomic E-state index is 4.35. The summed E-state index contributed by atoms with van der Waals surface area (Å²) >= 11 is 1.82. The molecule has 0 aromatic heterocycles. The maximum Gasteiger partial charge on any atom is 0.156 e. The van der Waals surface area contributed by atoms with Gasteiger partial charge in [0.25, 0.3) is 0 Å². The molecule has 0 unspecified atom stereocenters. The summed E-state index contributed by atoms with van der Waals surface area (Å²) in [5, 5.41) is 4.48. The minimum absolute atomic E-state index is 0.970. The van der Waals surface area contributed by atoms with Gasteiger partial charge in [0.05, 0.1) is 6.54 Å². The van der Waals surface area contributed by atoms with Crippen molar-refractivity contribution in [1.29, 1.82) is 0 Å². The summed E-state index contributed by atoms with van der Waals surface area (Å²) in [7, 11) is 0. The van der Waals surface area contributed by atoms with Gasteiger partial charge in [0.1, 0.15) is 0 Å². The first-order valence-electron chi connectivity index (χ1n) is 5.31. The van der Waals surface area contributed by atoms with Crippen molar-refractivity contribution >= 4 is 16.9 Å². The molecule has 0 aliphatic carbocycles. The van der Waals surface area contributed by atoms with Gasteiger partial charge in [-0.05, 0) is 18.9 Å². The van der Waals surface area contributed by atoms with E-state index in [1.165, 1.54) is 11.1 Å². The zero-order valence-electron chi connectivity index (χ0n) is 8.99. The standard InChI is InChI=1S/C12H16N2S/c1-10-3-2-4-11(9-10)5-6-13-12-14-7-8-15-12/h2-4,9H,5-8H2,1H3,(H,13,14). The summed E-state index contributed by atoms with van der Waals surface area (Å²) in [4.78, 5) is 4.35. The molecular formula is C12H16N2S. The van der Waals surface area contributed by atoms with E-state index >= 15 is 0 Å². The molecule has 80 valence electrons. The van der Waals surface area contributed by atoms with E-state index in [9.17, 15) is 0 Å². The third-order valence-corrected chi connectivity index (χ3v) is 3.29. The molecule has 1 heterocycles. The lowest BCUT2D eigenvalue weighted by atomic mass is 10.1. The Morgan fingerprint density at radius 1 is 1.47 bits per heavy atom. The molecule has 2 nitrogen and oxygen atoms in total. The van der Waals surface area contributed by atoms with Crippen LogP contribution in [0.15, 0.2) is 29.3 Å². The lowest BCUT2D eigenvalue weighted by Crippen LogP contribution is -2.21. The topological polar surface area (TPSA) is 24.4 Å². The van der Waals surface area contributed by atoms with Crippen molar-refractivity contribution in [1.82, 2.24) is 5.32 Å². The van der Waals surface area contributed by atoms with Crippen LogP contribution in [0.25, 0.3) is 0 Å². The van der Waals surface area contributed by atoms with Crippen LogP contribution in [0, 0.1) is 6.92 Å². The fourth-order valence-corrected chi connectivity index (χ4v) is 2.39. The summed E-state index contributed by atoms with van der Waals surface area (Å²) in [5.74, 6) is 1.13. The number of hydrogen-bond acceptors (Lipinski definition) is 3. The zero-order valence-corrected chi connectivity index (χ0v) is 9.81. The van der Waals surface area contributed by atoms with E-state index < -0.39 is 0 Å². The van der Waals surface area contributed by atoms with Crippen molar-refractivity contribution < 1.29 is 0 Å². The molecule has 3 heteroatoms. The van der Waals surface area contributed by atoms with Gasteiger partial charge in [-0.1, -0.05) is 41.6 Å². The third-order valence-electron chi connectivity index (χ3n) is 2.36. The number of aliphatic imine (C=N–C) groups is 1. The Labute approximate surface area is 95.2 Å². The number of nitrogens with one attached hydrogen (secondary N) is 1. The molecule has 1 aliphatic rings. The molecule has 1 aliphatic heterocycles. The van der Waals surface area contributed by atoms with Gasteiger partial charge in [0, 0.05) is 12.3 Å². The Morgan fingerprint density at radius 3 is 3.13 bits per heavy atom. The first kappa shape index (κ1) is 10.6. The van der Waals surface area contributed by atoms with E-state index in [2.05, 4.69) is 41.5 Å². The normalized spacial score (nSPS) is 15.1. The molecule has 0 saturated heterocycles. The van der Waals surface area contributed by atoms with Gasteiger partial charge in [-0.2, -0.15) is 0 Å². The van der Waals surface area contributed by atoms with Crippen molar-refractivity contribution in [2.24, 2.45) is 4.99 Å². The Bertz CT molecular complexity index is 360. The van der Waals surface area contributed by atoms with Crippen LogP contribution in [-0.2, 0) is 6.42 Å². The Morgan fingerprint density at radius 2 is 2.40 bits per heavy atom. The molecular weight excluding hydrogens is 204 g/mol. The minimum atomic E-state index is 0.970. The van der Waals surface area contributed by atoms with E-state index in [0.29, 0.717) is 0 Å². The van der Waals surface area contributed by atoms with E-state index in [4.69, 9.17) is 0 Å². The quantitative estimate of drug-likeness (QED) is 0.844. The number of hydrogen-bond donors (Lipinski definition) is 1. The number of nitrogens with zero attached hydrogens (tertiary/aromatic N) is 1. The van der Waals surface area contributed by atoms with Gasteiger partial charge in [-0.3, -0.25) is 4.99 Å². The Balaban J connectivity index is 1.78. The third kappa shape index (κ3) is 3.27. The van der Waals surface area contributed by atoms with Gasteiger partial charge < -0.3 is 5.32 Å². The molecule has 0 radical (unpaired) electrons. The number of thioether (sulfide) groups is 1. The van der Waals surface area contributed by atoms with Crippen molar-refractivity contribution in [3.8, 4) is 0 Å². The Kier molecular flexibility index (Phi) is 3.67. The van der Waals surface area contributed by atoms with Crippen LogP contribution in [-0.4, -0.2) is 24.0 Å². The number of aryl methyl sites for hydroxylation is 1. The molecule has 0 amide bonds. The van der Waals surface area contributed by atoms with Crippen molar-refractivity contribution in [2.45, 2.75) is 13.3 Å². The van der Waals surface area contributed by atoms with Crippen LogP contribution in [0.4, 0.5) is 0 Å². The second-order valence-corrected chi connectivity index (χ2v) is 4.78. The van der Waals surface area contributed by atoms with E-state index in [1.807, 2.05) is 11.8 Å². The lowest BCUT2D eigenvalue weighted by Gasteiger charge is -2.05. The number of benzene rings is 1. The second-order valence-electron chi connectivity index (χ2n) is 3.70. The predicted molar refractivity (Wildman–Crippen MR) is 67.6 cm³/mol. The lowest BCUT2D eigenvalue weighted by molar-refractivity contribution is 0.871. The molecule has 0 bridgehead atoms. The molecule has 15 heavy (non-hydrogen) atoms. The summed E-state index contributed by atoms with van der Waals surface area (Å²) in [6, 6.07) is 8.67. The van der Waals surface area contributed by atoms with E-state index in [1.54, 1.807) is 0 Å². The van der Waals surface area contributed by atoms with Crippen LogP contribution in [0.2, 0.25) is 0 Å². The van der Waals surface area contributed by atoms with Crippen molar-refractivity contribution in [3.63, 3.8) is 0 Å². The first-order chi connectivity index (χ1) is 7.34. The summed E-state index contributed by atoms with van der Waals surface area (Å²) in [5.41, 5.74) is 2.73. The molecule has 2 rings (SSSR count). The summed E-state index contributed by atoms with van der Waals surface area (Å²) in [6.45, 7) is 4.08. The van der Waals surface area contributed by atoms with Crippen LogP contribution in [0.3, 0.4) is 0 Å². The zero-order chi connectivity index (χ0) is 10.5. The van der Waals surface area contributed by atoms with Gasteiger partial charge in [0.2, 0.25) is 0 Å².